The van der Waals surface area contributed by atoms with E-state index in [1.807, 2.05) is 60.7 Å². The zero-order valence-electron chi connectivity index (χ0n) is 23.1. The number of hydrogen-bond donors (Lipinski definition) is 1. The van der Waals surface area contributed by atoms with Crippen molar-refractivity contribution in [3.63, 3.8) is 0 Å². The molecule has 8 heteroatoms. The molecule has 1 aliphatic carbocycles. The largest absolute Gasteiger partial charge is 0.457 e. The van der Waals surface area contributed by atoms with E-state index in [0.717, 1.165) is 29.5 Å². The Labute approximate surface area is 243 Å². The lowest BCUT2D eigenvalue weighted by molar-refractivity contribution is -0.133. The van der Waals surface area contributed by atoms with Crippen molar-refractivity contribution in [1.29, 1.82) is 0 Å². The first-order chi connectivity index (χ1) is 20.5. The molecule has 212 valence electrons. The highest BCUT2D eigenvalue weighted by molar-refractivity contribution is 6.10. The van der Waals surface area contributed by atoms with Crippen LogP contribution in [0.5, 0.6) is 17.2 Å². The van der Waals surface area contributed by atoms with E-state index < -0.39 is 5.41 Å². The number of rotatable bonds is 9. The molecule has 4 aromatic rings. The Morgan fingerprint density at radius 3 is 2.26 bits per heavy atom. The van der Waals surface area contributed by atoms with Gasteiger partial charge >= 0.3 is 6.09 Å². The molecule has 2 bridgehead atoms. The van der Waals surface area contributed by atoms with Gasteiger partial charge in [-0.05, 0) is 60.7 Å². The van der Waals surface area contributed by atoms with Gasteiger partial charge in [-0.2, -0.15) is 0 Å². The summed E-state index contributed by atoms with van der Waals surface area (Å²) in [7, 11) is 0. The molecule has 3 aliphatic rings. The van der Waals surface area contributed by atoms with Crippen LogP contribution in [-0.2, 0) is 22.4 Å². The number of amides is 1. The number of fused-ring (bicyclic) bond motifs is 3. The van der Waals surface area contributed by atoms with Gasteiger partial charge in [0.1, 0.15) is 17.2 Å². The third-order valence-corrected chi connectivity index (χ3v) is 8.71. The summed E-state index contributed by atoms with van der Waals surface area (Å²) in [6.07, 6.45) is 4.07. The third-order valence-electron chi connectivity index (χ3n) is 8.71. The van der Waals surface area contributed by atoms with Gasteiger partial charge in [0, 0.05) is 55.7 Å². The van der Waals surface area contributed by atoms with Crippen LogP contribution in [0, 0.1) is 5.41 Å². The minimum atomic E-state index is -0.834. The average Bonchev–Trinajstić information content (AvgIpc) is 3.55. The number of nitrogens with one attached hydrogen (secondary N) is 1. The summed E-state index contributed by atoms with van der Waals surface area (Å²) in [4.78, 5) is 45.1. The Balaban J connectivity index is 0.990. The lowest BCUT2D eigenvalue weighted by atomic mass is 9.88. The van der Waals surface area contributed by atoms with Crippen LogP contribution < -0.4 is 14.8 Å². The summed E-state index contributed by atoms with van der Waals surface area (Å²) >= 11 is 0. The molecular formula is C34H31N3O5. The fourth-order valence-electron chi connectivity index (χ4n) is 6.14. The zero-order chi connectivity index (χ0) is 28.7. The van der Waals surface area contributed by atoms with Crippen molar-refractivity contribution >= 4 is 28.6 Å². The van der Waals surface area contributed by atoms with Crippen molar-refractivity contribution in [3.8, 4) is 17.2 Å². The van der Waals surface area contributed by atoms with Gasteiger partial charge in [0.05, 0.1) is 10.9 Å². The number of carbonyl (C=O) groups excluding carboxylic acids is 3. The van der Waals surface area contributed by atoms with Crippen molar-refractivity contribution < 1.29 is 23.9 Å². The zero-order valence-corrected chi connectivity index (χ0v) is 23.1. The van der Waals surface area contributed by atoms with Gasteiger partial charge in [0.25, 0.3) is 0 Å². The van der Waals surface area contributed by atoms with Gasteiger partial charge in [0.15, 0.2) is 11.6 Å². The first-order valence-electron chi connectivity index (χ1n) is 14.4. The normalized spacial score (nSPS) is 20.0. The average molecular weight is 562 g/mol. The topological polar surface area (TPSA) is 97.8 Å². The number of aromatic nitrogens is 1. The van der Waals surface area contributed by atoms with Crippen molar-refractivity contribution in [2.45, 2.75) is 44.2 Å². The van der Waals surface area contributed by atoms with Crippen LogP contribution in [0.25, 0.3) is 10.9 Å². The highest BCUT2D eigenvalue weighted by atomic mass is 16.6. The molecule has 3 heterocycles. The predicted octanol–water partition coefficient (Wildman–Crippen LogP) is 5.28. The summed E-state index contributed by atoms with van der Waals surface area (Å²) in [5, 5.41) is 4.17. The standard InChI is InChI=1S/C34H31N3O5/c38-31(16-22-4-2-1-3-5-22)34(13-14-34)32(39)17-23-6-8-26(9-7-23)41-30-12-15-35-29-19-27(10-11-28(29)30)42-33(40)37-21-24-18-25(37)20-36-24/h1-12,15,19,24-25,36H,13-14,16-18,20-21H2/t24-,25-/m0/s1. The molecule has 2 saturated heterocycles. The van der Waals surface area contributed by atoms with Crippen LogP contribution in [0.1, 0.15) is 30.4 Å². The minimum absolute atomic E-state index is 0.0114. The molecule has 42 heavy (non-hydrogen) atoms. The summed E-state index contributed by atoms with van der Waals surface area (Å²) in [6, 6.07) is 24.7. The Kier molecular flexibility index (Phi) is 6.70. The number of ether oxygens (including phenoxy) is 2. The number of likely N-dealkylation sites (tertiary alicyclic amines) is 1. The number of ketones is 2. The molecule has 2 atom stereocenters. The van der Waals surface area contributed by atoms with Gasteiger partial charge < -0.3 is 19.7 Å². The van der Waals surface area contributed by atoms with Gasteiger partial charge in [0.2, 0.25) is 0 Å². The second-order valence-electron chi connectivity index (χ2n) is 11.5. The summed E-state index contributed by atoms with van der Waals surface area (Å²) in [6.45, 7) is 1.49. The Bertz CT molecular complexity index is 1670. The van der Waals surface area contributed by atoms with Gasteiger partial charge in [-0.1, -0.05) is 42.5 Å². The van der Waals surface area contributed by atoms with E-state index in [1.165, 1.54) is 0 Å². The quantitative estimate of drug-likeness (QED) is 0.278. The Hall–Kier alpha value is -4.56. The monoisotopic (exact) mass is 561 g/mol. The second kappa shape index (κ2) is 10.7. The lowest BCUT2D eigenvalue weighted by Crippen LogP contribution is -2.47. The van der Waals surface area contributed by atoms with E-state index in [9.17, 15) is 14.4 Å². The van der Waals surface area contributed by atoms with E-state index in [0.29, 0.717) is 54.6 Å². The number of Topliss-reactive ketones (excluding diaryl/α,β-unsaturated/α-hetero) is 2. The fourth-order valence-corrected chi connectivity index (χ4v) is 6.14. The molecule has 7 rings (SSSR count). The van der Waals surface area contributed by atoms with Crippen LogP contribution >= 0.6 is 0 Å². The van der Waals surface area contributed by atoms with Crippen molar-refractivity contribution in [2.24, 2.45) is 5.41 Å². The maximum Gasteiger partial charge on any atom is 0.415 e. The van der Waals surface area contributed by atoms with Crippen molar-refractivity contribution in [1.82, 2.24) is 15.2 Å². The fraction of sp³-hybridized carbons (Fsp3) is 0.294. The molecule has 2 aliphatic heterocycles. The summed E-state index contributed by atoms with van der Waals surface area (Å²) < 4.78 is 11.8. The number of nitrogens with zero attached hydrogens (tertiary/aromatic N) is 2. The van der Waals surface area contributed by atoms with Crippen molar-refractivity contribution in [3.05, 3.63) is 96.2 Å². The maximum absolute atomic E-state index is 13.2. The van der Waals surface area contributed by atoms with E-state index >= 15 is 0 Å². The number of piperazine rings is 1. The number of pyridine rings is 1. The smallest absolute Gasteiger partial charge is 0.415 e. The van der Waals surface area contributed by atoms with Crippen LogP contribution in [-0.4, -0.2) is 52.7 Å². The number of benzene rings is 3. The highest BCUT2D eigenvalue weighted by Crippen LogP contribution is 2.48. The van der Waals surface area contributed by atoms with Crippen LogP contribution in [0.2, 0.25) is 0 Å². The molecule has 0 spiro atoms. The van der Waals surface area contributed by atoms with Crippen LogP contribution in [0.3, 0.4) is 0 Å². The van der Waals surface area contributed by atoms with Gasteiger partial charge in [-0.15, -0.1) is 0 Å². The first-order valence-corrected chi connectivity index (χ1v) is 14.4. The minimum Gasteiger partial charge on any atom is -0.457 e. The summed E-state index contributed by atoms with van der Waals surface area (Å²) in [5.74, 6) is 1.68. The molecule has 0 unspecified atom stereocenters. The molecule has 1 saturated carbocycles. The van der Waals surface area contributed by atoms with E-state index in [2.05, 4.69) is 10.3 Å². The second-order valence-corrected chi connectivity index (χ2v) is 11.5. The molecule has 1 amide bonds. The SMILES string of the molecule is O=C(Oc1ccc2c(Oc3ccc(CC(=O)C4(C(=O)Cc5ccccc5)CC4)cc3)ccnc2c1)N1C[C@@H]2C[C@H]1CN2. The first kappa shape index (κ1) is 26.3. The van der Waals surface area contributed by atoms with Crippen LogP contribution in [0.15, 0.2) is 85.1 Å². The summed E-state index contributed by atoms with van der Waals surface area (Å²) in [5.41, 5.74) is 1.61. The molecule has 0 radical (unpaired) electrons. The predicted molar refractivity (Wildman–Crippen MR) is 157 cm³/mol. The Morgan fingerprint density at radius 1 is 0.881 bits per heavy atom. The van der Waals surface area contributed by atoms with Crippen LogP contribution in [0.4, 0.5) is 4.79 Å². The van der Waals surface area contributed by atoms with Crippen molar-refractivity contribution in [2.75, 3.05) is 13.1 Å². The molecule has 3 aromatic carbocycles. The molecule has 1 N–H and O–H groups in total. The molecule has 1 aromatic heterocycles. The van der Waals surface area contributed by atoms with E-state index in [4.69, 9.17) is 9.47 Å². The maximum atomic E-state index is 13.2. The Morgan fingerprint density at radius 2 is 1.60 bits per heavy atom. The molecule has 8 nitrogen and oxygen atoms in total. The molecule has 3 fully saturated rings. The van der Waals surface area contributed by atoms with E-state index in [-0.39, 0.29) is 30.1 Å². The van der Waals surface area contributed by atoms with Gasteiger partial charge in [-0.3, -0.25) is 14.6 Å². The number of hydrogen-bond acceptors (Lipinski definition) is 7. The van der Waals surface area contributed by atoms with Gasteiger partial charge in [-0.25, -0.2) is 4.79 Å². The molecular weight excluding hydrogens is 530 g/mol. The van der Waals surface area contributed by atoms with E-state index in [1.54, 1.807) is 29.3 Å². The lowest BCUT2D eigenvalue weighted by Gasteiger charge is -2.26. The third kappa shape index (κ3) is 5.14. The number of carbonyl (C=O) groups is 3. The highest BCUT2D eigenvalue weighted by Gasteiger charge is 2.54.